The van der Waals surface area contributed by atoms with E-state index in [4.69, 9.17) is 4.55 Å². The fraction of sp³-hybridized carbons (Fsp3) is 0.964. The highest BCUT2D eigenvalue weighted by molar-refractivity contribution is 7.81. The van der Waals surface area contributed by atoms with Crippen LogP contribution < -0.4 is 0 Å². The molecular weight excluding hydrogens is 556 g/mol. The van der Waals surface area contributed by atoms with Gasteiger partial charge < -0.3 is 4.55 Å². The van der Waals surface area contributed by atoms with Crippen molar-refractivity contribution in [3.63, 3.8) is 0 Å². The lowest BCUT2D eigenvalue weighted by molar-refractivity contribution is -0.516. The first-order chi connectivity index (χ1) is 18.9. The lowest BCUT2D eigenvalue weighted by Gasteiger charge is -2.21. The van der Waals surface area contributed by atoms with E-state index in [1.54, 1.807) is 5.84 Å². The maximum atomic E-state index is 9.56. The quantitative estimate of drug-likeness (QED) is 0.0694. The molecule has 0 saturated carbocycles. The first-order valence-corrected chi connectivity index (χ1v) is 18.2. The number of hydrogen-bond donors (Lipinski definition) is 1. The molecule has 0 saturated heterocycles. The molecule has 0 aromatic rings. The van der Waals surface area contributed by atoms with E-state index < -0.39 is 20.8 Å². The van der Waals surface area contributed by atoms with Crippen molar-refractivity contribution in [2.45, 2.75) is 131 Å². The molecule has 1 atom stereocenters. The Balaban J connectivity index is 0. The standard InChI is InChI=1S/C24H49N2.2C2H6O4S/c1-5-9-11-13-14-16-18-20-23(19-17-15-12-10-6-2)24-25(7-3)21-22-26(24)8-4;2*1-2-6-7(3,4)5/h23H,5-22H2,1-4H3;2*2H2,1H3,(H,3,4,5)/q+1;;/p-1. The molecule has 1 rings (SSSR count). The van der Waals surface area contributed by atoms with E-state index in [9.17, 15) is 21.4 Å². The van der Waals surface area contributed by atoms with Crippen LogP contribution in [0.15, 0.2) is 0 Å². The molecule has 40 heavy (non-hydrogen) atoms. The van der Waals surface area contributed by atoms with Gasteiger partial charge in [-0.1, -0.05) is 90.9 Å². The number of likely N-dealkylation sites (N-methyl/N-ethyl adjacent to an activating group) is 2. The number of nitrogens with zero attached hydrogens (tertiary/aromatic N) is 2. The van der Waals surface area contributed by atoms with Gasteiger partial charge in [-0.25, -0.2) is 12.6 Å². The van der Waals surface area contributed by atoms with E-state index >= 15 is 0 Å². The van der Waals surface area contributed by atoms with Crippen molar-refractivity contribution in [1.82, 2.24) is 4.90 Å². The van der Waals surface area contributed by atoms with Crippen LogP contribution in [0.5, 0.6) is 0 Å². The maximum Gasteiger partial charge on any atom is 0.397 e. The zero-order valence-corrected chi connectivity index (χ0v) is 27.9. The van der Waals surface area contributed by atoms with Crippen LogP contribution >= 0.6 is 0 Å². The predicted molar refractivity (Wildman–Crippen MR) is 162 cm³/mol. The second-order valence-corrected chi connectivity index (χ2v) is 12.1. The van der Waals surface area contributed by atoms with Gasteiger partial charge in [-0.05, 0) is 40.5 Å². The second-order valence-electron chi connectivity index (χ2n) is 9.98. The minimum absolute atomic E-state index is 0.0289. The van der Waals surface area contributed by atoms with Crippen molar-refractivity contribution in [2.24, 2.45) is 5.92 Å². The zero-order valence-electron chi connectivity index (χ0n) is 26.2. The summed E-state index contributed by atoms with van der Waals surface area (Å²) in [6.07, 6.45) is 19.9. The third kappa shape index (κ3) is 25.0. The molecule has 0 aromatic heterocycles. The molecular formula is C28H60N2O8S2. The fourth-order valence-electron chi connectivity index (χ4n) is 4.87. The fourth-order valence-corrected chi connectivity index (χ4v) is 5.45. The van der Waals surface area contributed by atoms with Gasteiger partial charge in [0, 0.05) is 0 Å². The van der Waals surface area contributed by atoms with Crippen LogP contribution in [0.2, 0.25) is 0 Å². The summed E-state index contributed by atoms with van der Waals surface area (Å²) >= 11 is 0. The van der Waals surface area contributed by atoms with Gasteiger partial charge in [0.1, 0.15) is 13.1 Å². The average molecular weight is 617 g/mol. The number of rotatable bonds is 21. The lowest BCUT2D eigenvalue weighted by atomic mass is 9.92. The van der Waals surface area contributed by atoms with Crippen LogP contribution in [0.4, 0.5) is 0 Å². The molecule has 242 valence electrons. The predicted octanol–water partition coefficient (Wildman–Crippen LogP) is 6.18. The van der Waals surface area contributed by atoms with E-state index in [0.29, 0.717) is 0 Å². The minimum atomic E-state index is -4.42. The van der Waals surface area contributed by atoms with Gasteiger partial charge in [-0.3, -0.25) is 18.2 Å². The summed E-state index contributed by atoms with van der Waals surface area (Å²) in [6, 6.07) is 0. The molecule has 12 heteroatoms. The Bertz CT molecular complexity index is 799. The Morgan fingerprint density at radius 2 is 1.23 bits per heavy atom. The summed E-state index contributed by atoms with van der Waals surface area (Å²) in [5.41, 5.74) is 0. The molecule has 0 fully saturated rings. The van der Waals surface area contributed by atoms with Gasteiger partial charge in [0.15, 0.2) is 0 Å². The summed E-state index contributed by atoms with van der Waals surface area (Å²) in [6.45, 7) is 17.0. The van der Waals surface area contributed by atoms with Gasteiger partial charge >= 0.3 is 10.4 Å². The molecule has 0 bridgehead atoms. The van der Waals surface area contributed by atoms with E-state index in [1.165, 1.54) is 130 Å². The highest BCUT2D eigenvalue weighted by atomic mass is 32.3. The lowest BCUT2D eigenvalue weighted by Crippen LogP contribution is -2.36. The SMILES string of the molecule is CCCCCCCCCC(CCCCCCC)C1=[N+](CC)CCN1CC.CCOS(=O)(=O)O.CCOS(=O)(=O)[O-]. The molecule has 0 amide bonds. The van der Waals surface area contributed by atoms with E-state index in [0.717, 1.165) is 5.92 Å². The van der Waals surface area contributed by atoms with Crippen molar-refractivity contribution in [3.05, 3.63) is 0 Å². The van der Waals surface area contributed by atoms with Gasteiger partial charge in [0.2, 0.25) is 16.2 Å². The van der Waals surface area contributed by atoms with Crippen LogP contribution in [-0.2, 0) is 29.2 Å². The molecule has 10 nitrogen and oxygen atoms in total. The molecule has 0 aliphatic carbocycles. The molecule has 0 radical (unpaired) electrons. The Hall–Kier alpha value is -0.790. The number of amidine groups is 1. The highest BCUT2D eigenvalue weighted by Gasteiger charge is 2.34. The van der Waals surface area contributed by atoms with Gasteiger partial charge in [0.25, 0.3) is 0 Å². The normalized spacial score (nSPS) is 14.4. The zero-order chi connectivity index (χ0) is 30.9. The Morgan fingerprint density at radius 3 is 1.52 bits per heavy atom. The van der Waals surface area contributed by atoms with E-state index in [-0.39, 0.29) is 13.2 Å². The van der Waals surface area contributed by atoms with Crippen molar-refractivity contribution in [2.75, 3.05) is 39.4 Å². The Kier molecular flexibility index (Phi) is 26.8. The largest absolute Gasteiger partial charge is 0.726 e. The number of hydrogen-bond acceptors (Lipinski definition) is 8. The smallest absolute Gasteiger partial charge is 0.397 e. The first kappa shape index (κ1) is 41.3. The van der Waals surface area contributed by atoms with E-state index in [1.807, 2.05) is 0 Å². The van der Waals surface area contributed by atoms with Gasteiger partial charge in [-0.2, -0.15) is 8.42 Å². The average Bonchev–Trinajstić information content (AvgIpc) is 3.29. The maximum absolute atomic E-state index is 9.56. The van der Waals surface area contributed by atoms with Crippen molar-refractivity contribution in [1.29, 1.82) is 0 Å². The van der Waals surface area contributed by atoms with Crippen molar-refractivity contribution in [3.8, 4) is 0 Å². The van der Waals surface area contributed by atoms with Crippen LogP contribution in [-0.4, -0.2) is 80.6 Å². The topological polar surface area (TPSA) is 136 Å². The molecule has 1 aliphatic heterocycles. The van der Waals surface area contributed by atoms with Crippen LogP contribution in [0.3, 0.4) is 0 Å². The Morgan fingerprint density at radius 1 is 0.775 bits per heavy atom. The summed E-state index contributed by atoms with van der Waals surface area (Å²) in [7, 11) is -8.60. The van der Waals surface area contributed by atoms with Crippen LogP contribution in [0.25, 0.3) is 0 Å². The monoisotopic (exact) mass is 616 g/mol. The summed E-state index contributed by atoms with van der Waals surface area (Å²) < 4.78 is 65.3. The molecule has 1 unspecified atom stereocenters. The van der Waals surface area contributed by atoms with E-state index in [2.05, 4.69) is 45.5 Å². The third-order valence-corrected chi connectivity index (χ3v) is 7.82. The minimum Gasteiger partial charge on any atom is -0.726 e. The summed E-state index contributed by atoms with van der Waals surface area (Å²) in [5.74, 6) is 2.52. The first-order valence-electron chi connectivity index (χ1n) is 15.5. The van der Waals surface area contributed by atoms with Crippen LogP contribution in [0, 0.1) is 5.92 Å². The molecule has 0 spiro atoms. The van der Waals surface area contributed by atoms with Crippen LogP contribution in [0.1, 0.15) is 131 Å². The molecule has 1 N–H and O–H groups in total. The highest BCUT2D eigenvalue weighted by Crippen LogP contribution is 2.24. The molecule has 1 heterocycles. The molecule has 1 aliphatic rings. The van der Waals surface area contributed by atoms with Gasteiger partial charge in [-0.15, -0.1) is 0 Å². The van der Waals surface area contributed by atoms with Crippen molar-refractivity contribution < 1.29 is 38.9 Å². The van der Waals surface area contributed by atoms with Gasteiger partial charge in [0.05, 0.1) is 32.2 Å². The Labute approximate surface area is 246 Å². The summed E-state index contributed by atoms with van der Waals surface area (Å²) in [5, 5.41) is 0. The molecule has 0 aromatic carbocycles. The summed E-state index contributed by atoms with van der Waals surface area (Å²) in [4.78, 5) is 2.68. The second kappa shape index (κ2) is 25.9. The van der Waals surface area contributed by atoms with Crippen molar-refractivity contribution >= 4 is 26.6 Å². The number of unbranched alkanes of at least 4 members (excludes halogenated alkanes) is 10. The third-order valence-electron chi connectivity index (χ3n) is 6.76.